The van der Waals surface area contributed by atoms with Crippen molar-refractivity contribution in [1.29, 1.82) is 0 Å². The van der Waals surface area contributed by atoms with Crippen molar-refractivity contribution in [3.63, 3.8) is 0 Å². The lowest BCUT2D eigenvalue weighted by atomic mass is 10.0. The number of fused-ring (bicyclic) bond motifs is 1. The normalized spacial score (nSPS) is 17.8. The summed E-state index contributed by atoms with van der Waals surface area (Å²) in [5, 5.41) is 11.7. The fourth-order valence-electron chi connectivity index (χ4n) is 4.83. The first-order chi connectivity index (χ1) is 17.5. The second-order valence-electron chi connectivity index (χ2n) is 9.11. The summed E-state index contributed by atoms with van der Waals surface area (Å²) in [7, 11) is 0. The summed E-state index contributed by atoms with van der Waals surface area (Å²) in [6, 6.07) is 15.6. The van der Waals surface area contributed by atoms with E-state index in [1.165, 1.54) is 4.90 Å². The summed E-state index contributed by atoms with van der Waals surface area (Å²) in [6.07, 6.45) is 2.51. The molecule has 0 aliphatic carbocycles. The third-order valence-corrected chi connectivity index (χ3v) is 7.85. The molecule has 2 unspecified atom stereocenters. The molecule has 0 spiro atoms. The SMILES string of the molecule is O=C(O)NC(Cc1ccccc1)C(=O)N1CCCC1CSCCCCN1C(=O)c2ccccc2C1=O. The minimum absolute atomic E-state index is 0.0765. The molecule has 190 valence electrons. The summed E-state index contributed by atoms with van der Waals surface area (Å²) in [5.41, 5.74) is 1.87. The Morgan fingerprint density at radius 2 is 1.67 bits per heavy atom. The minimum Gasteiger partial charge on any atom is -0.465 e. The van der Waals surface area contributed by atoms with Crippen molar-refractivity contribution < 1.29 is 24.3 Å². The van der Waals surface area contributed by atoms with Crippen molar-refractivity contribution in [3.05, 3.63) is 71.3 Å². The van der Waals surface area contributed by atoms with Crippen molar-refractivity contribution in [1.82, 2.24) is 15.1 Å². The number of nitrogens with zero attached hydrogens (tertiary/aromatic N) is 2. The Balaban J connectivity index is 1.22. The largest absolute Gasteiger partial charge is 0.465 e. The zero-order valence-electron chi connectivity index (χ0n) is 20.1. The fraction of sp³-hybridized carbons (Fsp3) is 0.407. The van der Waals surface area contributed by atoms with Crippen molar-refractivity contribution >= 4 is 35.6 Å². The van der Waals surface area contributed by atoms with Crippen LogP contribution in [0.1, 0.15) is 52.0 Å². The zero-order chi connectivity index (χ0) is 25.5. The third-order valence-electron chi connectivity index (χ3n) is 6.65. The van der Waals surface area contributed by atoms with Crippen molar-refractivity contribution in [3.8, 4) is 0 Å². The Morgan fingerprint density at radius 3 is 2.33 bits per heavy atom. The van der Waals surface area contributed by atoms with Crippen LogP contribution in [0, 0.1) is 0 Å². The van der Waals surface area contributed by atoms with Gasteiger partial charge in [0, 0.05) is 31.3 Å². The van der Waals surface area contributed by atoms with Gasteiger partial charge >= 0.3 is 6.09 Å². The van der Waals surface area contributed by atoms with E-state index >= 15 is 0 Å². The Labute approximate surface area is 215 Å². The van der Waals surface area contributed by atoms with Crippen LogP contribution in [0.3, 0.4) is 0 Å². The summed E-state index contributed by atoms with van der Waals surface area (Å²) < 4.78 is 0. The van der Waals surface area contributed by atoms with Crippen LogP contribution in [0.5, 0.6) is 0 Å². The molecule has 2 aromatic rings. The van der Waals surface area contributed by atoms with Gasteiger partial charge in [-0.05, 0) is 49.1 Å². The molecule has 1 saturated heterocycles. The van der Waals surface area contributed by atoms with Gasteiger partial charge < -0.3 is 15.3 Å². The number of thioether (sulfide) groups is 1. The van der Waals surface area contributed by atoms with E-state index in [1.54, 1.807) is 36.0 Å². The highest BCUT2D eigenvalue weighted by Gasteiger charge is 2.35. The van der Waals surface area contributed by atoms with Crippen molar-refractivity contribution in [2.45, 2.75) is 44.2 Å². The van der Waals surface area contributed by atoms with Gasteiger partial charge in [-0.3, -0.25) is 19.3 Å². The van der Waals surface area contributed by atoms with Crippen LogP contribution < -0.4 is 5.32 Å². The summed E-state index contributed by atoms with van der Waals surface area (Å²) >= 11 is 1.75. The Bertz CT molecular complexity index is 1070. The molecule has 2 heterocycles. The summed E-state index contributed by atoms with van der Waals surface area (Å²) in [5.74, 6) is 1.04. The number of unbranched alkanes of at least 4 members (excludes halogenated alkanes) is 1. The van der Waals surface area contributed by atoms with Crippen LogP contribution in [0.15, 0.2) is 54.6 Å². The van der Waals surface area contributed by atoms with Crippen molar-refractivity contribution in [2.75, 3.05) is 24.6 Å². The molecule has 1 fully saturated rings. The average Bonchev–Trinajstić information content (AvgIpc) is 3.44. The van der Waals surface area contributed by atoms with Crippen LogP contribution >= 0.6 is 11.8 Å². The summed E-state index contributed by atoms with van der Waals surface area (Å²) in [6.45, 7) is 1.04. The maximum absolute atomic E-state index is 13.3. The highest BCUT2D eigenvalue weighted by Crippen LogP contribution is 2.25. The second kappa shape index (κ2) is 12.1. The number of rotatable bonds is 11. The van der Waals surface area contributed by atoms with Crippen LogP contribution in [0.4, 0.5) is 4.79 Å². The van der Waals surface area contributed by atoms with E-state index in [0.717, 1.165) is 42.8 Å². The molecule has 36 heavy (non-hydrogen) atoms. The lowest BCUT2D eigenvalue weighted by Gasteiger charge is -2.29. The van der Waals surface area contributed by atoms with E-state index in [9.17, 15) is 24.3 Å². The third kappa shape index (κ3) is 6.07. The van der Waals surface area contributed by atoms with E-state index in [1.807, 2.05) is 35.2 Å². The van der Waals surface area contributed by atoms with Gasteiger partial charge in [0.25, 0.3) is 11.8 Å². The minimum atomic E-state index is -1.20. The molecule has 4 rings (SSSR count). The second-order valence-corrected chi connectivity index (χ2v) is 10.3. The molecule has 2 aromatic carbocycles. The number of carbonyl (C=O) groups is 4. The van der Waals surface area contributed by atoms with E-state index in [0.29, 0.717) is 30.6 Å². The van der Waals surface area contributed by atoms with E-state index in [2.05, 4.69) is 5.32 Å². The molecule has 2 N–H and O–H groups in total. The number of benzene rings is 2. The number of carboxylic acid groups (broad SMARTS) is 1. The Morgan fingerprint density at radius 1 is 1.00 bits per heavy atom. The van der Waals surface area contributed by atoms with E-state index < -0.39 is 12.1 Å². The Kier molecular flexibility index (Phi) is 8.64. The molecule has 0 aromatic heterocycles. The highest BCUT2D eigenvalue weighted by atomic mass is 32.2. The van der Waals surface area contributed by atoms with Gasteiger partial charge in [-0.1, -0.05) is 42.5 Å². The first-order valence-electron chi connectivity index (χ1n) is 12.3. The number of amides is 4. The molecule has 4 amide bonds. The molecule has 0 bridgehead atoms. The van der Waals surface area contributed by atoms with Crippen molar-refractivity contribution in [2.24, 2.45) is 0 Å². The van der Waals surface area contributed by atoms with E-state index in [4.69, 9.17) is 0 Å². The standard InChI is InChI=1S/C27H31N3O5S/c31-24-21-12-4-5-13-22(21)25(32)30(24)14-6-7-16-36-18-20-11-8-15-29(20)26(33)23(28-27(34)35)17-19-9-2-1-3-10-19/h1-5,9-10,12-13,20,23,28H,6-8,11,14-18H2,(H,34,35). The lowest BCUT2D eigenvalue weighted by molar-refractivity contribution is -0.133. The van der Waals surface area contributed by atoms with Gasteiger partial charge in [0.15, 0.2) is 0 Å². The number of imide groups is 1. The number of likely N-dealkylation sites (tertiary alicyclic amines) is 1. The van der Waals surface area contributed by atoms with Crippen LogP contribution in [-0.4, -0.2) is 75.4 Å². The van der Waals surface area contributed by atoms with Gasteiger partial charge in [0.2, 0.25) is 5.91 Å². The predicted molar refractivity (Wildman–Crippen MR) is 138 cm³/mol. The lowest BCUT2D eigenvalue weighted by Crippen LogP contribution is -2.51. The molecule has 9 heteroatoms. The topological polar surface area (TPSA) is 107 Å². The molecular weight excluding hydrogens is 478 g/mol. The molecule has 8 nitrogen and oxygen atoms in total. The average molecular weight is 510 g/mol. The van der Waals surface area contributed by atoms with Gasteiger partial charge in [-0.2, -0.15) is 11.8 Å². The quantitative estimate of drug-likeness (QED) is 0.354. The fourth-order valence-corrected chi connectivity index (χ4v) is 6.03. The Hall–Kier alpha value is -3.33. The molecule has 2 atom stereocenters. The maximum Gasteiger partial charge on any atom is 0.405 e. The summed E-state index contributed by atoms with van der Waals surface area (Å²) in [4.78, 5) is 52.7. The van der Waals surface area contributed by atoms with Gasteiger partial charge in [0.05, 0.1) is 11.1 Å². The number of nitrogens with one attached hydrogen (secondary N) is 1. The van der Waals surface area contributed by atoms with Crippen LogP contribution in [-0.2, 0) is 11.2 Å². The molecular formula is C27H31N3O5S. The predicted octanol–water partition coefficient (Wildman–Crippen LogP) is 3.67. The molecule has 0 radical (unpaired) electrons. The number of carbonyl (C=O) groups excluding carboxylic acids is 3. The van der Waals surface area contributed by atoms with Crippen LogP contribution in [0.25, 0.3) is 0 Å². The van der Waals surface area contributed by atoms with Crippen LogP contribution in [0.2, 0.25) is 0 Å². The number of hydrogen-bond acceptors (Lipinski definition) is 5. The highest BCUT2D eigenvalue weighted by molar-refractivity contribution is 7.99. The monoisotopic (exact) mass is 509 g/mol. The number of hydrogen-bond donors (Lipinski definition) is 2. The smallest absolute Gasteiger partial charge is 0.405 e. The zero-order valence-corrected chi connectivity index (χ0v) is 20.9. The van der Waals surface area contributed by atoms with Gasteiger partial charge in [-0.15, -0.1) is 0 Å². The van der Waals surface area contributed by atoms with Gasteiger partial charge in [0.1, 0.15) is 6.04 Å². The van der Waals surface area contributed by atoms with Gasteiger partial charge in [-0.25, -0.2) is 4.79 Å². The molecule has 2 aliphatic rings. The first kappa shape index (κ1) is 25.8. The van der Waals surface area contributed by atoms with E-state index in [-0.39, 0.29) is 23.8 Å². The first-order valence-corrected chi connectivity index (χ1v) is 13.5. The molecule has 0 saturated carbocycles. The molecule has 2 aliphatic heterocycles. The maximum atomic E-state index is 13.3.